The number of sulfonamides is 1. The van der Waals surface area contributed by atoms with Crippen LogP contribution in [0.3, 0.4) is 0 Å². The number of nitrogens with one attached hydrogen (secondary N) is 1. The first kappa shape index (κ1) is 24.2. The van der Waals surface area contributed by atoms with Crippen LogP contribution in [0.2, 0.25) is 5.02 Å². The third-order valence-electron chi connectivity index (χ3n) is 5.93. The van der Waals surface area contributed by atoms with Gasteiger partial charge in [0.25, 0.3) is 0 Å². The van der Waals surface area contributed by atoms with Crippen LogP contribution in [0, 0.1) is 0 Å². The van der Waals surface area contributed by atoms with Gasteiger partial charge in [0.2, 0.25) is 15.9 Å². The quantitative estimate of drug-likeness (QED) is 0.608. The topological polar surface area (TPSA) is 84.9 Å². The van der Waals surface area contributed by atoms with Crippen LogP contribution in [-0.4, -0.2) is 39.8 Å². The summed E-state index contributed by atoms with van der Waals surface area (Å²) in [4.78, 5) is 13.0. The summed E-state index contributed by atoms with van der Waals surface area (Å²) in [6, 6.07) is 11.9. The molecule has 1 N–H and O–H groups in total. The lowest BCUT2D eigenvalue weighted by molar-refractivity contribution is -0.121. The van der Waals surface area contributed by atoms with E-state index in [9.17, 15) is 13.2 Å². The fourth-order valence-corrected chi connectivity index (χ4v) is 5.11. The number of rotatable bonds is 8. The minimum Gasteiger partial charge on any atom is -0.495 e. The zero-order valence-corrected chi connectivity index (χ0v) is 20.3. The molecule has 0 spiro atoms. The van der Waals surface area contributed by atoms with E-state index in [4.69, 9.17) is 21.1 Å². The first-order valence-corrected chi connectivity index (χ1v) is 12.7. The second kappa shape index (κ2) is 9.58. The Morgan fingerprint density at radius 2 is 1.94 bits per heavy atom. The normalized spacial score (nSPS) is 17.1. The van der Waals surface area contributed by atoms with Crippen molar-refractivity contribution in [1.82, 2.24) is 5.32 Å². The fourth-order valence-electron chi connectivity index (χ4n) is 4.01. The van der Waals surface area contributed by atoms with Gasteiger partial charge in [0.1, 0.15) is 23.6 Å². The van der Waals surface area contributed by atoms with E-state index in [1.54, 1.807) is 12.1 Å². The number of fused-ring (bicyclic) bond motifs is 1. The molecule has 0 saturated carbocycles. The van der Waals surface area contributed by atoms with E-state index in [1.165, 1.54) is 13.2 Å². The number of hydrogen-bond donors (Lipinski definition) is 1. The summed E-state index contributed by atoms with van der Waals surface area (Å²) in [7, 11) is -2.26. The van der Waals surface area contributed by atoms with Crippen LogP contribution in [0.4, 0.5) is 5.69 Å². The Morgan fingerprint density at radius 3 is 2.53 bits per heavy atom. The van der Waals surface area contributed by atoms with E-state index in [2.05, 4.69) is 19.2 Å². The van der Waals surface area contributed by atoms with Crippen LogP contribution in [0.15, 0.2) is 42.5 Å². The second-order valence-electron chi connectivity index (χ2n) is 7.94. The van der Waals surface area contributed by atoms with Crippen LogP contribution in [0.25, 0.3) is 0 Å². The lowest BCUT2D eigenvalue weighted by atomic mass is 9.83. The van der Waals surface area contributed by atoms with Crippen LogP contribution >= 0.6 is 11.6 Å². The second-order valence-corrected chi connectivity index (χ2v) is 10.3. The third-order valence-corrected chi connectivity index (χ3v) is 7.37. The summed E-state index contributed by atoms with van der Waals surface area (Å²) in [5, 5.41) is 3.28. The lowest BCUT2D eigenvalue weighted by Gasteiger charge is -2.41. The number of carbonyl (C=O) groups excluding carboxylic acids is 1. The summed E-state index contributed by atoms with van der Waals surface area (Å²) < 4.78 is 37.4. The van der Waals surface area contributed by atoms with Gasteiger partial charge in [-0.3, -0.25) is 9.10 Å². The van der Waals surface area contributed by atoms with E-state index >= 15 is 0 Å². The van der Waals surface area contributed by atoms with Crippen molar-refractivity contribution in [3.8, 4) is 11.5 Å². The Hall–Kier alpha value is -2.45. The number of amides is 1. The number of ether oxygens (including phenoxy) is 2. The molecular weight excluding hydrogens is 452 g/mol. The molecule has 2 aromatic carbocycles. The molecule has 1 aliphatic rings. The monoisotopic (exact) mass is 480 g/mol. The van der Waals surface area contributed by atoms with Crippen molar-refractivity contribution in [2.45, 2.75) is 44.8 Å². The Bertz CT molecular complexity index is 1090. The van der Waals surface area contributed by atoms with Gasteiger partial charge in [-0.1, -0.05) is 43.6 Å². The molecule has 7 nitrogen and oxygen atoms in total. The predicted molar refractivity (Wildman–Crippen MR) is 126 cm³/mol. The summed E-state index contributed by atoms with van der Waals surface area (Å²) >= 11 is 6.17. The highest BCUT2D eigenvalue weighted by Gasteiger charge is 2.39. The molecule has 2 aromatic rings. The molecule has 0 aromatic heterocycles. The van der Waals surface area contributed by atoms with Crippen LogP contribution in [0.1, 0.15) is 44.7 Å². The highest BCUT2D eigenvalue weighted by molar-refractivity contribution is 7.92. The van der Waals surface area contributed by atoms with Crippen molar-refractivity contribution in [2.24, 2.45) is 0 Å². The smallest absolute Gasteiger partial charge is 0.241 e. The van der Waals surface area contributed by atoms with Crippen molar-refractivity contribution in [3.05, 3.63) is 53.1 Å². The summed E-state index contributed by atoms with van der Waals surface area (Å²) in [5.74, 6) is 0.752. The summed E-state index contributed by atoms with van der Waals surface area (Å²) in [6.07, 6.45) is 3.26. The number of methoxy groups -OCH3 is 1. The molecular formula is C23H29ClN2O5S. The van der Waals surface area contributed by atoms with Gasteiger partial charge in [-0.2, -0.15) is 0 Å². The van der Waals surface area contributed by atoms with Crippen molar-refractivity contribution >= 4 is 33.2 Å². The predicted octanol–water partition coefficient (Wildman–Crippen LogP) is 4.31. The number of benzene rings is 2. The maximum absolute atomic E-state index is 13.0. The number of hydrogen-bond acceptors (Lipinski definition) is 5. The number of anilines is 1. The molecule has 174 valence electrons. The molecule has 1 atom stereocenters. The minimum absolute atomic E-state index is 0.257. The zero-order valence-electron chi connectivity index (χ0n) is 18.7. The van der Waals surface area contributed by atoms with Gasteiger partial charge < -0.3 is 14.8 Å². The largest absolute Gasteiger partial charge is 0.495 e. The fraction of sp³-hybridized carbons (Fsp3) is 0.435. The number of para-hydroxylation sites is 1. The van der Waals surface area contributed by atoms with Gasteiger partial charge in [0.15, 0.2) is 0 Å². The SMILES string of the molecule is CCC1(CC)C[C@H](NC(=O)CN(c2ccc(OC)c(Cl)c2)S(C)(=O)=O)c2ccccc2O1. The number of nitrogens with zero attached hydrogens (tertiary/aromatic N) is 1. The van der Waals surface area contributed by atoms with E-state index in [0.29, 0.717) is 12.2 Å². The summed E-state index contributed by atoms with van der Waals surface area (Å²) in [5.41, 5.74) is 0.792. The van der Waals surface area contributed by atoms with Gasteiger partial charge in [0.05, 0.1) is 30.1 Å². The molecule has 0 aliphatic carbocycles. The van der Waals surface area contributed by atoms with Crippen LogP contribution in [-0.2, 0) is 14.8 Å². The van der Waals surface area contributed by atoms with E-state index in [1.807, 2.05) is 24.3 Å². The Labute approximate surface area is 194 Å². The standard InChI is InChI=1S/C23H29ClN2O5S/c1-5-23(6-2)14-19(17-9-7-8-10-20(17)31-23)25-22(27)15-26(32(4,28)29)16-11-12-21(30-3)18(24)13-16/h7-13,19H,5-6,14-15H2,1-4H3,(H,25,27)/t19-/m0/s1. The molecule has 3 rings (SSSR count). The molecule has 1 heterocycles. The maximum atomic E-state index is 13.0. The first-order chi connectivity index (χ1) is 15.1. The Morgan fingerprint density at radius 1 is 1.25 bits per heavy atom. The van der Waals surface area contributed by atoms with Gasteiger partial charge in [-0.05, 0) is 37.1 Å². The molecule has 0 unspecified atom stereocenters. The molecule has 9 heteroatoms. The number of halogens is 1. The Balaban J connectivity index is 1.86. The average Bonchev–Trinajstić information content (AvgIpc) is 2.76. The van der Waals surface area contributed by atoms with E-state index < -0.39 is 15.9 Å². The molecule has 0 saturated heterocycles. The van der Waals surface area contributed by atoms with Crippen LogP contribution < -0.4 is 19.1 Å². The summed E-state index contributed by atoms with van der Waals surface area (Å²) in [6.45, 7) is 3.76. The van der Waals surface area contributed by atoms with Gasteiger partial charge >= 0.3 is 0 Å². The first-order valence-electron chi connectivity index (χ1n) is 10.5. The highest BCUT2D eigenvalue weighted by atomic mass is 35.5. The molecule has 1 aliphatic heterocycles. The molecule has 0 fully saturated rings. The molecule has 1 amide bonds. The van der Waals surface area contributed by atoms with Crippen molar-refractivity contribution in [3.63, 3.8) is 0 Å². The van der Waals surface area contributed by atoms with Gasteiger partial charge in [0, 0.05) is 12.0 Å². The Kier molecular flexibility index (Phi) is 7.25. The minimum atomic E-state index is -3.73. The van der Waals surface area contributed by atoms with E-state index in [-0.39, 0.29) is 28.9 Å². The van der Waals surface area contributed by atoms with Gasteiger partial charge in [-0.15, -0.1) is 0 Å². The van der Waals surface area contributed by atoms with Crippen LogP contribution in [0.5, 0.6) is 11.5 Å². The van der Waals surface area contributed by atoms with Gasteiger partial charge in [-0.25, -0.2) is 8.42 Å². The molecule has 32 heavy (non-hydrogen) atoms. The maximum Gasteiger partial charge on any atom is 0.241 e. The molecule has 0 bridgehead atoms. The zero-order chi connectivity index (χ0) is 23.5. The van der Waals surface area contributed by atoms with Crippen molar-refractivity contribution < 1.29 is 22.7 Å². The highest BCUT2D eigenvalue weighted by Crippen LogP contribution is 2.42. The van der Waals surface area contributed by atoms with E-state index in [0.717, 1.165) is 34.7 Å². The molecule has 0 radical (unpaired) electrons. The number of carbonyl (C=O) groups is 1. The van der Waals surface area contributed by atoms with Crippen molar-refractivity contribution in [1.29, 1.82) is 0 Å². The average molecular weight is 481 g/mol. The third kappa shape index (κ3) is 5.13. The van der Waals surface area contributed by atoms with Crippen molar-refractivity contribution in [2.75, 3.05) is 24.2 Å². The lowest BCUT2D eigenvalue weighted by Crippen LogP contribution is -2.47.